The molecule has 0 saturated heterocycles. The van der Waals surface area contributed by atoms with Gasteiger partial charge in [0.25, 0.3) is 10.0 Å². The molecule has 1 heterocycles. The van der Waals surface area contributed by atoms with Crippen LogP contribution in [0.1, 0.15) is 11.1 Å². The number of nitrogens with one attached hydrogen (secondary N) is 1. The van der Waals surface area contributed by atoms with Crippen LogP contribution >= 0.6 is 11.3 Å². The summed E-state index contributed by atoms with van der Waals surface area (Å²) in [5, 5.41) is 4.37. The largest absolute Gasteiger partial charge is 0.309 e. The van der Waals surface area contributed by atoms with Gasteiger partial charge in [-0.25, -0.2) is 17.7 Å². The van der Waals surface area contributed by atoms with Gasteiger partial charge in [-0.15, -0.1) is 11.3 Å². The molecular formula is C30H25N3O2S2. The van der Waals surface area contributed by atoms with Gasteiger partial charge in [-0.3, -0.25) is 0 Å². The number of rotatable bonds is 8. The summed E-state index contributed by atoms with van der Waals surface area (Å²) in [7, 11) is -2.35. The van der Waals surface area contributed by atoms with E-state index in [1.54, 1.807) is 29.5 Å². The number of sulfonamides is 1. The zero-order chi connectivity index (χ0) is 25.8. The van der Waals surface area contributed by atoms with Crippen molar-refractivity contribution in [2.75, 3.05) is 7.05 Å². The topological polar surface area (TPSA) is 62.3 Å². The quantitative estimate of drug-likeness (QED) is 0.196. The molecule has 0 amide bonds. The maximum atomic E-state index is 12.7. The van der Waals surface area contributed by atoms with E-state index in [0.29, 0.717) is 18.7 Å². The fraction of sp³-hybridized carbons (Fsp3) is 0.100. The van der Waals surface area contributed by atoms with Gasteiger partial charge < -0.3 is 5.32 Å². The van der Waals surface area contributed by atoms with Gasteiger partial charge in [0, 0.05) is 31.7 Å². The molecule has 0 aliphatic carbocycles. The van der Waals surface area contributed by atoms with E-state index in [-0.39, 0.29) is 4.90 Å². The van der Waals surface area contributed by atoms with E-state index in [1.807, 2.05) is 24.3 Å². The number of thiazole rings is 1. The number of fused-ring (bicyclic) bond motifs is 1. The molecule has 0 spiro atoms. The van der Waals surface area contributed by atoms with E-state index in [0.717, 1.165) is 37.1 Å². The molecule has 0 unspecified atom stereocenters. The van der Waals surface area contributed by atoms with Crippen molar-refractivity contribution < 1.29 is 8.42 Å². The van der Waals surface area contributed by atoms with Crippen LogP contribution in [0.4, 0.5) is 0 Å². The van der Waals surface area contributed by atoms with Crippen LogP contribution < -0.4 is 5.32 Å². The van der Waals surface area contributed by atoms with E-state index in [9.17, 15) is 8.42 Å². The van der Waals surface area contributed by atoms with Crippen molar-refractivity contribution >= 4 is 31.6 Å². The summed E-state index contributed by atoms with van der Waals surface area (Å²) in [6, 6.07) is 34.1. The molecule has 5 nitrogen and oxygen atoms in total. The Morgan fingerprint density at radius 3 is 2.16 bits per heavy atom. The fourth-order valence-corrected chi connectivity index (χ4v) is 6.20. The van der Waals surface area contributed by atoms with Gasteiger partial charge in [0.05, 0.1) is 15.1 Å². The molecule has 5 rings (SSSR count). The standard InChI is InChI=1S/C30H25N3O2S2/c1-3-33(2)37(34,35)29-11-7-4-8-26(29)21-31-20-22-12-14-23(15-13-22)24-16-18-25(19-17-24)30-32-27-9-5-6-10-28(27)36-30/h1,4-19,31H,20-21H2,2H3. The second-order valence-corrected chi connectivity index (χ2v) is 11.5. The molecule has 1 aromatic heterocycles. The number of terminal acetylenes is 1. The highest BCUT2D eigenvalue weighted by Gasteiger charge is 2.21. The summed E-state index contributed by atoms with van der Waals surface area (Å²) in [5.74, 6) is 0. The van der Waals surface area contributed by atoms with Crippen molar-refractivity contribution in [2.45, 2.75) is 18.0 Å². The Morgan fingerprint density at radius 2 is 1.46 bits per heavy atom. The van der Waals surface area contributed by atoms with Gasteiger partial charge in [0.1, 0.15) is 5.01 Å². The number of aromatic nitrogens is 1. The average molecular weight is 524 g/mol. The molecule has 0 aliphatic rings. The first-order valence-corrected chi connectivity index (χ1v) is 14.0. The van der Waals surface area contributed by atoms with Gasteiger partial charge in [0.2, 0.25) is 0 Å². The maximum Gasteiger partial charge on any atom is 0.271 e. The minimum absolute atomic E-state index is 0.215. The van der Waals surface area contributed by atoms with E-state index in [1.165, 1.54) is 11.7 Å². The van der Waals surface area contributed by atoms with Gasteiger partial charge in [-0.05, 0) is 40.5 Å². The Labute approximate surface area is 221 Å². The third-order valence-corrected chi connectivity index (χ3v) is 9.02. The average Bonchev–Trinajstić information content (AvgIpc) is 3.38. The van der Waals surface area contributed by atoms with Crippen LogP contribution in [0, 0.1) is 12.5 Å². The van der Waals surface area contributed by atoms with Gasteiger partial charge in [-0.1, -0.05) is 85.3 Å². The maximum absolute atomic E-state index is 12.7. The Morgan fingerprint density at radius 1 is 0.838 bits per heavy atom. The summed E-state index contributed by atoms with van der Waals surface area (Å²) >= 11 is 1.70. The second-order valence-electron chi connectivity index (χ2n) is 8.57. The minimum Gasteiger partial charge on any atom is -0.309 e. The lowest BCUT2D eigenvalue weighted by Gasteiger charge is -2.16. The van der Waals surface area contributed by atoms with Crippen LogP contribution in [-0.2, 0) is 23.1 Å². The molecule has 4 aromatic carbocycles. The van der Waals surface area contributed by atoms with Gasteiger partial charge >= 0.3 is 0 Å². The lowest BCUT2D eigenvalue weighted by atomic mass is 10.0. The van der Waals surface area contributed by atoms with Crippen LogP contribution in [0.25, 0.3) is 31.9 Å². The van der Waals surface area contributed by atoms with E-state index < -0.39 is 10.0 Å². The predicted octanol–water partition coefficient (Wildman–Crippen LogP) is 6.13. The molecule has 1 N–H and O–H groups in total. The SMILES string of the molecule is C#CN(C)S(=O)(=O)c1ccccc1CNCc1ccc(-c2ccc(-c3nc4ccccc4s3)cc2)cc1. The molecule has 0 bridgehead atoms. The third-order valence-electron chi connectivity index (χ3n) is 6.15. The molecular weight excluding hydrogens is 498 g/mol. The van der Waals surface area contributed by atoms with Crippen molar-refractivity contribution in [1.82, 2.24) is 14.6 Å². The highest BCUT2D eigenvalue weighted by Crippen LogP contribution is 2.31. The Kier molecular flexibility index (Phi) is 7.06. The highest BCUT2D eigenvalue weighted by molar-refractivity contribution is 7.89. The summed E-state index contributed by atoms with van der Waals surface area (Å²) < 4.78 is 27.5. The molecule has 5 aromatic rings. The van der Waals surface area contributed by atoms with Crippen LogP contribution in [-0.4, -0.2) is 24.8 Å². The molecule has 0 aliphatic heterocycles. The molecule has 184 valence electrons. The molecule has 0 fully saturated rings. The van der Waals surface area contributed by atoms with E-state index in [2.05, 4.69) is 66.0 Å². The lowest BCUT2D eigenvalue weighted by molar-refractivity contribution is 0.544. The lowest BCUT2D eigenvalue weighted by Crippen LogP contribution is -2.24. The first-order valence-electron chi connectivity index (χ1n) is 11.7. The highest BCUT2D eigenvalue weighted by atomic mass is 32.2. The Balaban J connectivity index is 1.23. The van der Waals surface area contributed by atoms with E-state index >= 15 is 0 Å². The summed E-state index contributed by atoms with van der Waals surface area (Å²) in [4.78, 5) is 4.96. The second kappa shape index (κ2) is 10.6. The van der Waals surface area contributed by atoms with Crippen molar-refractivity contribution in [3.05, 3.63) is 108 Å². The molecule has 0 saturated carbocycles. The van der Waals surface area contributed by atoms with Crippen LogP contribution in [0.15, 0.2) is 102 Å². The summed E-state index contributed by atoms with van der Waals surface area (Å²) in [5.41, 5.74) is 6.20. The first kappa shape index (κ1) is 24.7. The van der Waals surface area contributed by atoms with Crippen molar-refractivity contribution in [1.29, 1.82) is 0 Å². The Hall–Kier alpha value is -3.96. The molecule has 7 heteroatoms. The van der Waals surface area contributed by atoms with Crippen molar-refractivity contribution in [2.24, 2.45) is 0 Å². The molecule has 0 radical (unpaired) electrons. The monoisotopic (exact) mass is 523 g/mol. The number of para-hydroxylation sites is 1. The predicted molar refractivity (Wildman–Crippen MR) is 151 cm³/mol. The fourth-order valence-electron chi connectivity index (χ4n) is 4.08. The normalized spacial score (nSPS) is 11.4. The first-order chi connectivity index (χ1) is 18.0. The molecule has 0 atom stereocenters. The number of hydrogen-bond acceptors (Lipinski definition) is 5. The number of benzene rings is 4. The smallest absolute Gasteiger partial charge is 0.271 e. The van der Waals surface area contributed by atoms with Gasteiger partial charge in [0.15, 0.2) is 0 Å². The van der Waals surface area contributed by atoms with Crippen LogP contribution in [0.5, 0.6) is 0 Å². The van der Waals surface area contributed by atoms with Crippen molar-refractivity contribution in [3.63, 3.8) is 0 Å². The minimum atomic E-state index is -3.73. The van der Waals surface area contributed by atoms with Crippen molar-refractivity contribution in [3.8, 4) is 34.2 Å². The zero-order valence-electron chi connectivity index (χ0n) is 20.3. The zero-order valence-corrected chi connectivity index (χ0v) is 21.9. The molecule has 37 heavy (non-hydrogen) atoms. The Bertz CT molecular complexity index is 1650. The van der Waals surface area contributed by atoms with Crippen LogP contribution in [0.3, 0.4) is 0 Å². The third kappa shape index (κ3) is 5.27. The summed E-state index contributed by atoms with van der Waals surface area (Å²) in [6.45, 7) is 1.01. The number of hydrogen-bond donors (Lipinski definition) is 1. The van der Waals surface area contributed by atoms with Crippen LogP contribution in [0.2, 0.25) is 0 Å². The number of nitrogens with zero attached hydrogens (tertiary/aromatic N) is 2. The van der Waals surface area contributed by atoms with Gasteiger partial charge in [-0.2, -0.15) is 0 Å². The van der Waals surface area contributed by atoms with E-state index in [4.69, 9.17) is 11.4 Å². The summed E-state index contributed by atoms with van der Waals surface area (Å²) in [6.07, 6.45) is 5.30.